The summed E-state index contributed by atoms with van der Waals surface area (Å²) in [5.74, 6) is 1.70. The molecule has 1 aromatic carbocycles. The van der Waals surface area contributed by atoms with E-state index in [4.69, 9.17) is 4.74 Å². The first-order chi connectivity index (χ1) is 10.3. The maximum absolute atomic E-state index is 5.34. The average molecular weight is 287 g/mol. The predicted octanol–water partition coefficient (Wildman–Crippen LogP) is 4.66. The van der Waals surface area contributed by atoms with Crippen LogP contribution in [0.4, 0.5) is 0 Å². The van der Waals surface area contributed by atoms with E-state index in [1.165, 1.54) is 44.1 Å². The highest BCUT2D eigenvalue weighted by atomic mass is 16.5. The van der Waals surface area contributed by atoms with E-state index in [1.54, 1.807) is 12.7 Å². The number of rotatable bonds is 7. The van der Waals surface area contributed by atoms with E-state index >= 15 is 0 Å². The molecule has 0 spiro atoms. The van der Waals surface area contributed by atoms with Crippen molar-refractivity contribution < 1.29 is 4.74 Å². The monoisotopic (exact) mass is 287 g/mol. The summed E-state index contributed by atoms with van der Waals surface area (Å²) in [5, 5.41) is 3.58. The third-order valence-electron chi connectivity index (χ3n) is 4.33. The minimum Gasteiger partial charge on any atom is -0.497 e. The quantitative estimate of drug-likeness (QED) is 0.737. The van der Waals surface area contributed by atoms with Gasteiger partial charge in [-0.25, -0.2) is 0 Å². The van der Waals surface area contributed by atoms with E-state index in [0.29, 0.717) is 0 Å². The van der Waals surface area contributed by atoms with Crippen molar-refractivity contribution in [3.63, 3.8) is 0 Å². The minimum atomic E-state index is 0.759. The van der Waals surface area contributed by atoms with Crippen molar-refractivity contribution in [2.24, 2.45) is 5.92 Å². The van der Waals surface area contributed by atoms with E-state index in [9.17, 15) is 0 Å². The summed E-state index contributed by atoms with van der Waals surface area (Å²) < 4.78 is 5.34. The van der Waals surface area contributed by atoms with E-state index in [0.717, 1.165) is 24.8 Å². The van der Waals surface area contributed by atoms with Crippen molar-refractivity contribution in [3.8, 4) is 5.75 Å². The van der Waals surface area contributed by atoms with Gasteiger partial charge in [0.25, 0.3) is 0 Å². The number of ether oxygens (including phenoxy) is 1. The fourth-order valence-electron chi connectivity index (χ4n) is 3.14. The van der Waals surface area contributed by atoms with Crippen LogP contribution in [-0.4, -0.2) is 20.2 Å². The SMILES string of the molecule is CCCNC/C(=C/c1cccc(OC)c1)C1CCCCC1. The van der Waals surface area contributed by atoms with Gasteiger partial charge >= 0.3 is 0 Å². The van der Waals surface area contributed by atoms with Crippen molar-refractivity contribution in [1.82, 2.24) is 5.32 Å². The molecule has 2 rings (SSSR count). The highest BCUT2D eigenvalue weighted by molar-refractivity contribution is 5.55. The Morgan fingerprint density at radius 1 is 1.29 bits per heavy atom. The molecule has 1 saturated carbocycles. The van der Waals surface area contributed by atoms with Crippen molar-refractivity contribution >= 4 is 6.08 Å². The molecule has 2 heteroatoms. The molecule has 1 aliphatic carbocycles. The number of benzene rings is 1. The van der Waals surface area contributed by atoms with Crippen LogP contribution in [0.15, 0.2) is 29.8 Å². The third-order valence-corrected chi connectivity index (χ3v) is 4.33. The zero-order chi connectivity index (χ0) is 14.9. The van der Waals surface area contributed by atoms with Crippen molar-refractivity contribution in [2.45, 2.75) is 45.4 Å². The van der Waals surface area contributed by atoms with Gasteiger partial charge in [0.05, 0.1) is 7.11 Å². The van der Waals surface area contributed by atoms with Crippen LogP contribution in [0.5, 0.6) is 5.75 Å². The van der Waals surface area contributed by atoms with Crippen LogP contribution >= 0.6 is 0 Å². The molecule has 0 radical (unpaired) electrons. The molecule has 1 aliphatic rings. The number of hydrogen-bond acceptors (Lipinski definition) is 2. The number of nitrogens with one attached hydrogen (secondary N) is 1. The Bertz CT molecular complexity index is 447. The third kappa shape index (κ3) is 5.20. The van der Waals surface area contributed by atoms with Gasteiger partial charge < -0.3 is 10.1 Å². The number of hydrogen-bond donors (Lipinski definition) is 1. The Morgan fingerprint density at radius 2 is 2.10 bits per heavy atom. The van der Waals surface area contributed by atoms with Gasteiger partial charge in [-0.3, -0.25) is 0 Å². The molecule has 0 heterocycles. The highest BCUT2D eigenvalue weighted by Crippen LogP contribution is 2.31. The topological polar surface area (TPSA) is 21.3 Å². The Balaban J connectivity index is 2.13. The summed E-state index contributed by atoms with van der Waals surface area (Å²) in [6, 6.07) is 8.38. The summed E-state index contributed by atoms with van der Waals surface area (Å²) in [7, 11) is 1.73. The van der Waals surface area contributed by atoms with Crippen molar-refractivity contribution in [3.05, 3.63) is 35.4 Å². The molecule has 1 N–H and O–H groups in total. The van der Waals surface area contributed by atoms with Crippen LogP contribution in [0.1, 0.15) is 51.0 Å². The lowest BCUT2D eigenvalue weighted by Crippen LogP contribution is -2.23. The van der Waals surface area contributed by atoms with Crippen LogP contribution in [0.3, 0.4) is 0 Å². The second-order valence-electron chi connectivity index (χ2n) is 6.01. The molecule has 1 aromatic rings. The van der Waals surface area contributed by atoms with E-state index < -0.39 is 0 Å². The molecule has 0 bridgehead atoms. The van der Waals surface area contributed by atoms with E-state index in [1.807, 2.05) is 6.07 Å². The van der Waals surface area contributed by atoms with E-state index in [-0.39, 0.29) is 0 Å². The maximum Gasteiger partial charge on any atom is 0.119 e. The second kappa shape index (κ2) is 8.89. The first-order valence-corrected chi connectivity index (χ1v) is 8.38. The first-order valence-electron chi connectivity index (χ1n) is 8.38. The Kier molecular flexibility index (Phi) is 6.81. The lowest BCUT2D eigenvalue weighted by Gasteiger charge is -2.25. The number of methoxy groups -OCH3 is 1. The van der Waals surface area contributed by atoms with Crippen LogP contribution in [-0.2, 0) is 0 Å². The molecule has 0 saturated heterocycles. The Morgan fingerprint density at radius 3 is 2.81 bits per heavy atom. The summed E-state index contributed by atoms with van der Waals surface area (Å²) in [4.78, 5) is 0. The van der Waals surface area contributed by atoms with Crippen LogP contribution < -0.4 is 10.1 Å². The largest absolute Gasteiger partial charge is 0.497 e. The lowest BCUT2D eigenvalue weighted by atomic mass is 9.83. The average Bonchev–Trinajstić information content (AvgIpc) is 2.55. The fraction of sp³-hybridized carbons (Fsp3) is 0.579. The zero-order valence-corrected chi connectivity index (χ0v) is 13.5. The van der Waals surface area contributed by atoms with Crippen LogP contribution in [0.25, 0.3) is 6.08 Å². The first kappa shape index (κ1) is 16.1. The molecule has 116 valence electrons. The normalized spacial score (nSPS) is 17.0. The molecule has 0 unspecified atom stereocenters. The smallest absolute Gasteiger partial charge is 0.119 e. The maximum atomic E-state index is 5.34. The molecule has 2 nitrogen and oxygen atoms in total. The molecule has 0 amide bonds. The summed E-state index contributed by atoms with van der Waals surface area (Å²) >= 11 is 0. The van der Waals surface area contributed by atoms with Gasteiger partial charge in [0, 0.05) is 6.54 Å². The lowest BCUT2D eigenvalue weighted by molar-refractivity contribution is 0.396. The Hall–Kier alpha value is -1.28. The standard InChI is InChI=1S/C19H29NO/c1-3-12-20-15-18(17-9-5-4-6-10-17)13-16-8-7-11-19(14-16)21-2/h7-8,11,13-14,17,20H,3-6,9-10,12,15H2,1-2H3/b18-13-. The van der Waals surface area contributed by atoms with Gasteiger partial charge in [-0.2, -0.15) is 0 Å². The zero-order valence-electron chi connectivity index (χ0n) is 13.5. The molecule has 0 aliphatic heterocycles. The van der Waals surface area contributed by atoms with Gasteiger partial charge in [-0.05, 0) is 49.4 Å². The molecule has 1 fully saturated rings. The minimum absolute atomic E-state index is 0.759. The highest BCUT2D eigenvalue weighted by Gasteiger charge is 2.17. The van der Waals surface area contributed by atoms with Crippen molar-refractivity contribution in [2.75, 3.05) is 20.2 Å². The molecule has 21 heavy (non-hydrogen) atoms. The molecular formula is C19H29NO. The molecule has 0 aromatic heterocycles. The van der Waals surface area contributed by atoms with Crippen LogP contribution in [0, 0.1) is 5.92 Å². The van der Waals surface area contributed by atoms with E-state index in [2.05, 4.69) is 36.5 Å². The predicted molar refractivity (Wildman–Crippen MR) is 90.7 cm³/mol. The van der Waals surface area contributed by atoms with Gasteiger partial charge in [0.1, 0.15) is 5.75 Å². The van der Waals surface area contributed by atoms with Gasteiger partial charge in [0.15, 0.2) is 0 Å². The van der Waals surface area contributed by atoms with Crippen molar-refractivity contribution in [1.29, 1.82) is 0 Å². The summed E-state index contributed by atoms with van der Waals surface area (Å²) in [6.45, 7) is 4.34. The summed E-state index contributed by atoms with van der Waals surface area (Å²) in [6.07, 6.45) is 10.4. The van der Waals surface area contributed by atoms with Gasteiger partial charge in [-0.1, -0.05) is 50.0 Å². The van der Waals surface area contributed by atoms with Gasteiger partial charge in [0.2, 0.25) is 0 Å². The fourth-order valence-corrected chi connectivity index (χ4v) is 3.14. The van der Waals surface area contributed by atoms with Crippen LogP contribution in [0.2, 0.25) is 0 Å². The summed E-state index contributed by atoms with van der Waals surface area (Å²) in [5.41, 5.74) is 2.82. The second-order valence-corrected chi connectivity index (χ2v) is 6.01. The molecular weight excluding hydrogens is 258 g/mol. The molecule has 0 atom stereocenters. The van der Waals surface area contributed by atoms with Gasteiger partial charge in [-0.15, -0.1) is 0 Å². The Labute approximate surface area is 129 Å².